The summed E-state index contributed by atoms with van der Waals surface area (Å²) in [5, 5.41) is 3.56. The summed E-state index contributed by atoms with van der Waals surface area (Å²) in [6, 6.07) is 9.44. The van der Waals surface area contributed by atoms with Crippen LogP contribution in [0.4, 0.5) is 0 Å². The van der Waals surface area contributed by atoms with Crippen LogP contribution in [-0.2, 0) is 13.0 Å². The molecule has 0 bridgehead atoms. The molecule has 0 fully saturated rings. The van der Waals surface area contributed by atoms with Gasteiger partial charge in [-0.2, -0.15) is 0 Å². The van der Waals surface area contributed by atoms with Crippen molar-refractivity contribution >= 4 is 0 Å². The minimum Gasteiger partial charge on any atom is -0.313 e. The van der Waals surface area contributed by atoms with E-state index < -0.39 is 0 Å². The zero-order valence-corrected chi connectivity index (χ0v) is 11.1. The summed E-state index contributed by atoms with van der Waals surface area (Å²) >= 11 is 0. The van der Waals surface area contributed by atoms with Gasteiger partial charge in [-0.3, -0.25) is 4.90 Å². The lowest BCUT2D eigenvalue weighted by atomic mass is 10.00. The number of nitrogens with zero attached hydrogens (tertiary/aromatic N) is 1. The van der Waals surface area contributed by atoms with Crippen LogP contribution in [-0.4, -0.2) is 30.6 Å². The molecule has 0 saturated carbocycles. The fraction of sp³-hybridized carbons (Fsp3) is 0.600. The fourth-order valence-corrected chi connectivity index (χ4v) is 2.55. The molecular weight excluding hydrogens is 208 g/mol. The number of nitrogens with one attached hydrogen (secondary N) is 1. The Morgan fingerprint density at radius 2 is 2.06 bits per heavy atom. The van der Waals surface area contributed by atoms with Crippen LogP contribution in [0, 0.1) is 0 Å². The van der Waals surface area contributed by atoms with E-state index >= 15 is 0 Å². The standard InChI is InChI=1S/C15H24N2/c1-3-9-16-13(2)11-17-10-8-14-6-4-5-7-15(14)12-17/h4-7,13,16H,3,8-12H2,1-2H3. The molecule has 1 heterocycles. The lowest BCUT2D eigenvalue weighted by Gasteiger charge is -2.31. The van der Waals surface area contributed by atoms with Crippen molar-refractivity contribution in [1.29, 1.82) is 0 Å². The average molecular weight is 232 g/mol. The average Bonchev–Trinajstić information content (AvgIpc) is 2.36. The van der Waals surface area contributed by atoms with Gasteiger partial charge in [-0.05, 0) is 37.4 Å². The van der Waals surface area contributed by atoms with Gasteiger partial charge in [0.2, 0.25) is 0 Å². The van der Waals surface area contributed by atoms with Gasteiger partial charge in [0, 0.05) is 25.7 Å². The summed E-state index contributed by atoms with van der Waals surface area (Å²) in [7, 11) is 0. The lowest BCUT2D eigenvalue weighted by molar-refractivity contribution is 0.230. The van der Waals surface area contributed by atoms with Crippen molar-refractivity contribution in [2.45, 2.75) is 39.3 Å². The van der Waals surface area contributed by atoms with Gasteiger partial charge in [0.1, 0.15) is 0 Å². The minimum absolute atomic E-state index is 0.597. The van der Waals surface area contributed by atoms with Crippen molar-refractivity contribution in [1.82, 2.24) is 10.2 Å². The second-order valence-electron chi connectivity index (χ2n) is 5.11. The molecule has 2 nitrogen and oxygen atoms in total. The van der Waals surface area contributed by atoms with E-state index in [0.717, 1.165) is 19.6 Å². The van der Waals surface area contributed by atoms with Crippen molar-refractivity contribution in [2.75, 3.05) is 19.6 Å². The Morgan fingerprint density at radius 3 is 2.82 bits per heavy atom. The van der Waals surface area contributed by atoms with E-state index in [9.17, 15) is 0 Å². The van der Waals surface area contributed by atoms with Gasteiger partial charge in [-0.1, -0.05) is 31.2 Å². The molecule has 2 rings (SSSR count). The van der Waals surface area contributed by atoms with E-state index in [4.69, 9.17) is 0 Å². The van der Waals surface area contributed by atoms with E-state index in [0.29, 0.717) is 6.04 Å². The molecule has 1 aromatic rings. The minimum atomic E-state index is 0.597. The van der Waals surface area contributed by atoms with Crippen LogP contribution in [0.1, 0.15) is 31.4 Å². The SMILES string of the molecule is CCCNC(C)CN1CCc2ccccc2C1. The van der Waals surface area contributed by atoms with Crippen LogP contribution in [0.5, 0.6) is 0 Å². The first-order valence-electron chi connectivity index (χ1n) is 6.82. The maximum atomic E-state index is 3.56. The number of hydrogen-bond acceptors (Lipinski definition) is 2. The Hall–Kier alpha value is -0.860. The molecule has 1 atom stereocenters. The molecule has 0 radical (unpaired) electrons. The zero-order valence-electron chi connectivity index (χ0n) is 11.1. The van der Waals surface area contributed by atoms with Crippen LogP contribution in [0.2, 0.25) is 0 Å². The Kier molecular flexibility index (Phi) is 4.57. The second-order valence-corrected chi connectivity index (χ2v) is 5.11. The topological polar surface area (TPSA) is 15.3 Å². The summed E-state index contributed by atoms with van der Waals surface area (Å²) in [6.07, 6.45) is 2.42. The maximum Gasteiger partial charge on any atom is 0.0237 e. The van der Waals surface area contributed by atoms with E-state index in [1.54, 1.807) is 0 Å². The summed E-state index contributed by atoms with van der Waals surface area (Å²) in [4.78, 5) is 2.57. The number of benzene rings is 1. The number of hydrogen-bond donors (Lipinski definition) is 1. The molecule has 0 aromatic heterocycles. The van der Waals surface area contributed by atoms with Gasteiger partial charge in [0.05, 0.1) is 0 Å². The van der Waals surface area contributed by atoms with Gasteiger partial charge in [-0.25, -0.2) is 0 Å². The fourth-order valence-electron chi connectivity index (χ4n) is 2.55. The highest BCUT2D eigenvalue weighted by atomic mass is 15.1. The first kappa shape index (κ1) is 12.6. The zero-order chi connectivity index (χ0) is 12.1. The highest BCUT2D eigenvalue weighted by Gasteiger charge is 2.16. The van der Waals surface area contributed by atoms with Crippen molar-refractivity contribution in [3.63, 3.8) is 0 Å². The van der Waals surface area contributed by atoms with Crippen LogP contribution >= 0.6 is 0 Å². The highest BCUT2D eigenvalue weighted by molar-refractivity contribution is 5.29. The summed E-state index contributed by atoms with van der Waals surface area (Å²) < 4.78 is 0. The van der Waals surface area contributed by atoms with E-state index in [1.165, 1.54) is 30.5 Å². The number of fused-ring (bicyclic) bond motifs is 1. The van der Waals surface area contributed by atoms with Crippen molar-refractivity contribution in [3.05, 3.63) is 35.4 Å². The predicted molar refractivity (Wildman–Crippen MR) is 73.2 cm³/mol. The molecule has 0 saturated heterocycles. The summed E-state index contributed by atoms with van der Waals surface area (Å²) in [5.41, 5.74) is 3.05. The van der Waals surface area contributed by atoms with Gasteiger partial charge >= 0.3 is 0 Å². The third-order valence-corrected chi connectivity index (χ3v) is 3.48. The van der Waals surface area contributed by atoms with Crippen molar-refractivity contribution < 1.29 is 0 Å². The molecule has 1 N–H and O–H groups in total. The lowest BCUT2D eigenvalue weighted by Crippen LogP contribution is -2.41. The van der Waals surface area contributed by atoms with Crippen molar-refractivity contribution in [3.8, 4) is 0 Å². The first-order chi connectivity index (χ1) is 8.29. The van der Waals surface area contributed by atoms with Crippen molar-refractivity contribution in [2.24, 2.45) is 0 Å². The quantitative estimate of drug-likeness (QED) is 0.839. The molecule has 17 heavy (non-hydrogen) atoms. The van der Waals surface area contributed by atoms with Gasteiger partial charge < -0.3 is 5.32 Å². The molecule has 1 aliphatic heterocycles. The largest absolute Gasteiger partial charge is 0.313 e. The molecule has 2 heteroatoms. The van der Waals surface area contributed by atoms with Gasteiger partial charge in [-0.15, -0.1) is 0 Å². The van der Waals surface area contributed by atoms with Crippen LogP contribution in [0.15, 0.2) is 24.3 Å². The molecule has 1 aromatic carbocycles. The summed E-state index contributed by atoms with van der Waals surface area (Å²) in [5.74, 6) is 0. The van der Waals surface area contributed by atoms with Gasteiger partial charge in [0.15, 0.2) is 0 Å². The second kappa shape index (κ2) is 6.18. The molecular formula is C15H24N2. The molecule has 1 aliphatic rings. The normalized spacial score (nSPS) is 17.8. The van der Waals surface area contributed by atoms with E-state index in [1.807, 2.05) is 0 Å². The molecule has 0 aliphatic carbocycles. The van der Waals surface area contributed by atoms with Gasteiger partial charge in [0.25, 0.3) is 0 Å². The highest BCUT2D eigenvalue weighted by Crippen LogP contribution is 2.18. The molecule has 0 amide bonds. The first-order valence-corrected chi connectivity index (χ1v) is 6.82. The summed E-state index contributed by atoms with van der Waals surface area (Å²) in [6.45, 7) is 9.12. The third-order valence-electron chi connectivity index (χ3n) is 3.48. The smallest absolute Gasteiger partial charge is 0.0237 e. The van der Waals surface area contributed by atoms with Crippen LogP contribution in [0.3, 0.4) is 0 Å². The van der Waals surface area contributed by atoms with Crippen LogP contribution < -0.4 is 5.32 Å². The number of rotatable bonds is 5. The molecule has 94 valence electrons. The van der Waals surface area contributed by atoms with Crippen LogP contribution in [0.25, 0.3) is 0 Å². The monoisotopic (exact) mass is 232 g/mol. The Labute approximate surface area is 105 Å². The third kappa shape index (κ3) is 3.55. The van der Waals surface area contributed by atoms with E-state index in [-0.39, 0.29) is 0 Å². The Morgan fingerprint density at radius 1 is 1.29 bits per heavy atom. The Bertz CT molecular complexity index is 349. The molecule has 1 unspecified atom stereocenters. The Balaban J connectivity index is 1.85. The van der Waals surface area contributed by atoms with E-state index in [2.05, 4.69) is 48.3 Å². The maximum absolute atomic E-state index is 3.56. The predicted octanol–water partition coefficient (Wildman–Crippen LogP) is 2.43. The molecule has 0 spiro atoms.